The number of carbonyl (C=O) groups is 1. The van der Waals surface area contributed by atoms with Crippen molar-refractivity contribution in [2.45, 2.75) is 117 Å². The van der Waals surface area contributed by atoms with Gasteiger partial charge in [0.2, 0.25) is 0 Å². The summed E-state index contributed by atoms with van der Waals surface area (Å²) in [5.74, 6) is 0.589. The molecule has 0 aliphatic carbocycles. The molecule has 0 spiro atoms. The van der Waals surface area contributed by atoms with E-state index in [1.165, 1.54) is 70.6 Å². The molecule has 0 aliphatic heterocycles. The van der Waals surface area contributed by atoms with E-state index in [1.54, 1.807) is 0 Å². The van der Waals surface area contributed by atoms with E-state index in [2.05, 4.69) is 32.9 Å². The highest BCUT2D eigenvalue weighted by Gasteiger charge is 2.03. The van der Waals surface area contributed by atoms with Gasteiger partial charge < -0.3 is 4.74 Å². The maximum Gasteiger partial charge on any atom is 0.305 e. The third-order valence-electron chi connectivity index (χ3n) is 4.60. The van der Waals surface area contributed by atoms with Crippen molar-refractivity contribution in [1.29, 1.82) is 0 Å². The quantitative estimate of drug-likeness (QED) is 0.144. The topological polar surface area (TPSA) is 26.3 Å². The van der Waals surface area contributed by atoms with Gasteiger partial charge in [0.15, 0.2) is 0 Å². The summed E-state index contributed by atoms with van der Waals surface area (Å²) in [6, 6.07) is 0. The van der Waals surface area contributed by atoms with Gasteiger partial charge in [-0.2, -0.15) is 0 Å². The molecule has 0 bridgehead atoms. The lowest BCUT2D eigenvalue weighted by molar-refractivity contribution is -0.144. The minimum Gasteiger partial charge on any atom is -0.466 e. The molecular formula is C23H44O2. The Morgan fingerprint density at radius 2 is 1.32 bits per heavy atom. The lowest BCUT2D eigenvalue weighted by atomic mass is 10.1. The molecule has 2 nitrogen and oxygen atoms in total. The standard InChI is InChI=1S/C23H44O2/c1-4-5-6-7-8-9-10-11-12-13-14-15-16-17-18-19-23(24)25-21-20-22(2)3/h11-12,22H,4-10,13-21H2,1-3H3/b12-11+. The first-order valence-electron chi connectivity index (χ1n) is 11.0. The molecule has 0 amide bonds. The highest BCUT2D eigenvalue weighted by Crippen LogP contribution is 2.10. The van der Waals surface area contributed by atoms with Gasteiger partial charge in [-0.1, -0.05) is 84.3 Å². The highest BCUT2D eigenvalue weighted by atomic mass is 16.5. The van der Waals surface area contributed by atoms with Crippen LogP contribution < -0.4 is 0 Å². The molecule has 0 fully saturated rings. The van der Waals surface area contributed by atoms with Crippen LogP contribution in [0.25, 0.3) is 0 Å². The molecular weight excluding hydrogens is 308 g/mol. The SMILES string of the molecule is CCCCCCCC/C=C/CCCCCCCC(=O)OCCC(C)C. The van der Waals surface area contributed by atoms with E-state index in [4.69, 9.17) is 4.74 Å². The van der Waals surface area contributed by atoms with Crippen LogP contribution in [0.1, 0.15) is 117 Å². The maximum atomic E-state index is 11.5. The van der Waals surface area contributed by atoms with Gasteiger partial charge >= 0.3 is 5.97 Å². The van der Waals surface area contributed by atoms with E-state index in [1.807, 2.05) is 0 Å². The summed E-state index contributed by atoms with van der Waals surface area (Å²) in [5, 5.41) is 0. The van der Waals surface area contributed by atoms with Crippen molar-refractivity contribution >= 4 is 5.97 Å². The van der Waals surface area contributed by atoms with Gasteiger partial charge in [-0.05, 0) is 44.4 Å². The van der Waals surface area contributed by atoms with Crippen molar-refractivity contribution in [3.63, 3.8) is 0 Å². The second-order valence-corrected chi connectivity index (χ2v) is 7.74. The van der Waals surface area contributed by atoms with E-state index in [9.17, 15) is 4.79 Å². The van der Waals surface area contributed by atoms with Gasteiger partial charge in [-0.25, -0.2) is 0 Å². The number of allylic oxidation sites excluding steroid dienone is 2. The molecule has 0 aromatic rings. The number of esters is 1. The third kappa shape index (κ3) is 21.2. The number of hydrogen-bond acceptors (Lipinski definition) is 2. The summed E-state index contributed by atoms with van der Waals surface area (Å²) < 4.78 is 5.22. The van der Waals surface area contributed by atoms with Gasteiger partial charge in [0.1, 0.15) is 0 Å². The van der Waals surface area contributed by atoms with E-state index in [0.717, 1.165) is 19.3 Å². The summed E-state index contributed by atoms with van der Waals surface area (Å²) >= 11 is 0. The predicted molar refractivity (Wildman–Crippen MR) is 110 cm³/mol. The molecule has 2 heteroatoms. The Labute approximate surface area is 157 Å². The van der Waals surface area contributed by atoms with E-state index < -0.39 is 0 Å². The first kappa shape index (κ1) is 24.2. The monoisotopic (exact) mass is 352 g/mol. The third-order valence-corrected chi connectivity index (χ3v) is 4.60. The Hall–Kier alpha value is -0.790. The van der Waals surface area contributed by atoms with Crippen molar-refractivity contribution in [2.75, 3.05) is 6.61 Å². The fraction of sp³-hybridized carbons (Fsp3) is 0.870. The van der Waals surface area contributed by atoms with Gasteiger partial charge in [0, 0.05) is 6.42 Å². The molecule has 0 saturated heterocycles. The highest BCUT2D eigenvalue weighted by molar-refractivity contribution is 5.69. The van der Waals surface area contributed by atoms with Gasteiger partial charge in [-0.15, -0.1) is 0 Å². The lowest BCUT2D eigenvalue weighted by Gasteiger charge is -2.06. The fourth-order valence-corrected chi connectivity index (χ4v) is 2.82. The van der Waals surface area contributed by atoms with E-state index in [-0.39, 0.29) is 5.97 Å². The molecule has 0 heterocycles. The minimum atomic E-state index is -0.0155. The van der Waals surface area contributed by atoms with Gasteiger partial charge in [-0.3, -0.25) is 4.79 Å². The first-order chi connectivity index (χ1) is 12.2. The Balaban J connectivity index is 3.20. The molecule has 0 rings (SSSR count). The van der Waals surface area contributed by atoms with Crippen molar-refractivity contribution < 1.29 is 9.53 Å². The average Bonchev–Trinajstić information content (AvgIpc) is 2.58. The van der Waals surface area contributed by atoms with Gasteiger partial charge in [0.25, 0.3) is 0 Å². The largest absolute Gasteiger partial charge is 0.466 e. The van der Waals surface area contributed by atoms with Gasteiger partial charge in [0.05, 0.1) is 6.61 Å². The van der Waals surface area contributed by atoms with Crippen LogP contribution in [0.4, 0.5) is 0 Å². The zero-order valence-corrected chi connectivity index (χ0v) is 17.4. The van der Waals surface area contributed by atoms with Crippen LogP contribution in [-0.4, -0.2) is 12.6 Å². The van der Waals surface area contributed by atoms with Crippen molar-refractivity contribution in [1.82, 2.24) is 0 Å². The normalized spacial score (nSPS) is 11.5. The Morgan fingerprint density at radius 3 is 1.88 bits per heavy atom. The van der Waals surface area contributed by atoms with Crippen LogP contribution in [-0.2, 0) is 9.53 Å². The number of rotatable bonds is 18. The molecule has 0 saturated carbocycles. The summed E-state index contributed by atoms with van der Waals surface area (Å²) in [4.78, 5) is 11.5. The summed E-state index contributed by atoms with van der Waals surface area (Å²) in [5.41, 5.74) is 0. The molecule has 0 atom stereocenters. The number of unbranched alkanes of at least 4 members (excludes halogenated alkanes) is 11. The van der Waals surface area contributed by atoms with E-state index >= 15 is 0 Å². The smallest absolute Gasteiger partial charge is 0.305 e. The van der Waals surface area contributed by atoms with E-state index in [0.29, 0.717) is 18.9 Å². The van der Waals surface area contributed by atoms with Crippen LogP contribution in [0.5, 0.6) is 0 Å². The van der Waals surface area contributed by atoms with Crippen LogP contribution >= 0.6 is 0 Å². The summed E-state index contributed by atoms with van der Waals surface area (Å²) in [6.07, 6.45) is 23.0. The van der Waals surface area contributed by atoms with Crippen LogP contribution in [0.15, 0.2) is 12.2 Å². The molecule has 0 radical (unpaired) electrons. The molecule has 0 N–H and O–H groups in total. The first-order valence-corrected chi connectivity index (χ1v) is 11.0. The fourth-order valence-electron chi connectivity index (χ4n) is 2.82. The lowest BCUT2D eigenvalue weighted by Crippen LogP contribution is -2.07. The molecule has 0 aromatic carbocycles. The second-order valence-electron chi connectivity index (χ2n) is 7.74. The molecule has 0 aromatic heterocycles. The number of hydrogen-bond donors (Lipinski definition) is 0. The zero-order valence-electron chi connectivity index (χ0n) is 17.4. The van der Waals surface area contributed by atoms with Crippen molar-refractivity contribution in [3.8, 4) is 0 Å². The Kier molecular flexibility index (Phi) is 18.9. The number of ether oxygens (including phenoxy) is 1. The Bertz CT molecular complexity index is 307. The Morgan fingerprint density at radius 1 is 0.800 bits per heavy atom. The molecule has 148 valence electrons. The second kappa shape index (κ2) is 19.5. The van der Waals surface area contributed by atoms with Crippen LogP contribution in [0, 0.1) is 5.92 Å². The minimum absolute atomic E-state index is 0.0155. The predicted octanol–water partition coefficient (Wildman–Crippen LogP) is 7.61. The van der Waals surface area contributed by atoms with Crippen LogP contribution in [0.2, 0.25) is 0 Å². The van der Waals surface area contributed by atoms with Crippen molar-refractivity contribution in [3.05, 3.63) is 12.2 Å². The molecule has 25 heavy (non-hydrogen) atoms. The summed E-state index contributed by atoms with van der Waals surface area (Å²) in [7, 11) is 0. The number of carbonyl (C=O) groups excluding carboxylic acids is 1. The molecule has 0 aliphatic rings. The summed E-state index contributed by atoms with van der Waals surface area (Å²) in [6.45, 7) is 7.16. The molecule has 0 unspecified atom stereocenters. The van der Waals surface area contributed by atoms with Crippen molar-refractivity contribution in [2.24, 2.45) is 5.92 Å². The zero-order chi connectivity index (χ0) is 18.6. The van der Waals surface area contributed by atoms with Crippen LogP contribution in [0.3, 0.4) is 0 Å². The maximum absolute atomic E-state index is 11.5. The average molecular weight is 353 g/mol.